The number of ether oxygens (including phenoxy) is 2. The Morgan fingerprint density at radius 1 is 0.966 bits per heavy atom. The predicted octanol–water partition coefficient (Wildman–Crippen LogP) is 5.67. The van der Waals surface area contributed by atoms with E-state index in [-0.39, 0.29) is 17.7 Å². The minimum absolute atomic E-state index is 0.0178. The molecule has 0 saturated heterocycles. The van der Waals surface area contributed by atoms with Gasteiger partial charge in [-0.25, -0.2) is 0 Å². The molecule has 1 saturated carbocycles. The topological polar surface area (TPSA) is 47.6 Å². The van der Waals surface area contributed by atoms with E-state index in [9.17, 15) is 4.79 Å². The summed E-state index contributed by atoms with van der Waals surface area (Å²) < 4.78 is 11.0. The first kappa shape index (κ1) is 19.3. The molecule has 1 amide bonds. The van der Waals surface area contributed by atoms with Crippen molar-refractivity contribution < 1.29 is 14.3 Å². The molecule has 1 fully saturated rings. The first-order valence-corrected chi connectivity index (χ1v) is 9.92. The highest BCUT2D eigenvalue weighted by molar-refractivity contribution is 6.30. The molecule has 0 aromatic heterocycles. The van der Waals surface area contributed by atoms with Crippen molar-refractivity contribution >= 4 is 23.2 Å². The Bertz CT molecular complexity index is 969. The molecule has 2 unspecified atom stereocenters. The second-order valence-corrected chi connectivity index (χ2v) is 7.59. The number of anilines is 1. The third-order valence-electron chi connectivity index (χ3n) is 5.11. The smallest absolute Gasteiger partial charge is 0.228 e. The van der Waals surface area contributed by atoms with E-state index < -0.39 is 0 Å². The van der Waals surface area contributed by atoms with Crippen molar-refractivity contribution in [2.75, 3.05) is 12.4 Å². The molecule has 148 valence electrons. The van der Waals surface area contributed by atoms with E-state index in [0.717, 1.165) is 29.2 Å². The van der Waals surface area contributed by atoms with Crippen molar-refractivity contribution in [1.29, 1.82) is 0 Å². The van der Waals surface area contributed by atoms with Gasteiger partial charge in [-0.15, -0.1) is 0 Å². The lowest BCUT2D eigenvalue weighted by Crippen LogP contribution is -2.14. The van der Waals surface area contributed by atoms with Gasteiger partial charge in [-0.2, -0.15) is 0 Å². The lowest BCUT2D eigenvalue weighted by atomic mass is 10.1. The van der Waals surface area contributed by atoms with Gasteiger partial charge in [0.05, 0.1) is 7.11 Å². The van der Waals surface area contributed by atoms with Gasteiger partial charge >= 0.3 is 0 Å². The Kier molecular flexibility index (Phi) is 5.72. The number of halogens is 1. The summed E-state index contributed by atoms with van der Waals surface area (Å²) in [6, 6.07) is 22.9. The highest BCUT2D eigenvalue weighted by Gasteiger charge is 2.43. The number of hydrogen-bond donors (Lipinski definition) is 1. The molecule has 4 rings (SSSR count). The molecule has 0 heterocycles. The third-order valence-corrected chi connectivity index (χ3v) is 5.36. The molecule has 0 aliphatic heterocycles. The molecular formula is C24H22ClNO3. The summed E-state index contributed by atoms with van der Waals surface area (Å²) in [6.07, 6.45) is 0.875. The van der Waals surface area contributed by atoms with Crippen LogP contribution in [0.15, 0.2) is 72.8 Å². The fraction of sp³-hybridized carbons (Fsp3) is 0.208. The fourth-order valence-electron chi connectivity index (χ4n) is 3.32. The Morgan fingerprint density at radius 3 is 2.28 bits per heavy atom. The van der Waals surface area contributed by atoms with Crippen molar-refractivity contribution in [2.24, 2.45) is 5.92 Å². The summed E-state index contributed by atoms with van der Waals surface area (Å²) in [4.78, 5) is 12.5. The van der Waals surface area contributed by atoms with Gasteiger partial charge in [-0.3, -0.25) is 4.79 Å². The Hall–Kier alpha value is -2.98. The van der Waals surface area contributed by atoms with Gasteiger partial charge in [-0.1, -0.05) is 35.9 Å². The summed E-state index contributed by atoms with van der Waals surface area (Å²) in [5.74, 6) is 1.93. The minimum atomic E-state index is 0.0178. The normalized spacial score (nSPS) is 17.4. The van der Waals surface area contributed by atoms with E-state index in [1.807, 2.05) is 72.8 Å². The van der Waals surface area contributed by atoms with E-state index in [1.165, 1.54) is 5.56 Å². The number of benzene rings is 3. The molecule has 2 atom stereocenters. The fourth-order valence-corrected chi connectivity index (χ4v) is 3.45. The molecule has 29 heavy (non-hydrogen) atoms. The number of nitrogens with one attached hydrogen (secondary N) is 1. The van der Waals surface area contributed by atoms with Gasteiger partial charge in [0.2, 0.25) is 5.91 Å². The Balaban J connectivity index is 1.28. The van der Waals surface area contributed by atoms with Crippen molar-refractivity contribution in [2.45, 2.75) is 18.9 Å². The van der Waals surface area contributed by atoms with Crippen LogP contribution in [0.3, 0.4) is 0 Å². The van der Waals surface area contributed by atoms with Crippen molar-refractivity contribution in [3.05, 3.63) is 88.9 Å². The molecule has 1 aliphatic carbocycles. The van der Waals surface area contributed by atoms with Gasteiger partial charge < -0.3 is 14.8 Å². The number of carbonyl (C=O) groups excluding carboxylic acids is 1. The molecule has 5 heteroatoms. The summed E-state index contributed by atoms with van der Waals surface area (Å²) in [5.41, 5.74) is 3.00. The first-order chi connectivity index (χ1) is 14.1. The quantitative estimate of drug-likeness (QED) is 0.549. The molecule has 1 N–H and O–H groups in total. The molecular weight excluding hydrogens is 386 g/mol. The van der Waals surface area contributed by atoms with Crippen LogP contribution < -0.4 is 14.8 Å². The summed E-state index contributed by atoms with van der Waals surface area (Å²) in [5, 5.41) is 3.71. The average molecular weight is 408 g/mol. The summed E-state index contributed by atoms with van der Waals surface area (Å²) in [7, 11) is 1.65. The zero-order valence-electron chi connectivity index (χ0n) is 16.1. The molecule has 3 aromatic carbocycles. The van der Waals surface area contributed by atoms with E-state index in [1.54, 1.807) is 7.11 Å². The van der Waals surface area contributed by atoms with Gasteiger partial charge in [0.15, 0.2) is 0 Å². The van der Waals surface area contributed by atoms with Crippen molar-refractivity contribution in [3.63, 3.8) is 0 Å². The predicted molar refractivity (Wildman–Crippen MR) is 115 cm³/mol. The Morgan fingerprint density at radius 2 is 1.62 bits per heavy atom. The zero-order chi connectivity index (χ0) is 20.2. The molecule has 0 spiro atoms. The highest BCUT2D eigenvalue weighted by atomic mass is 35.5. The second kappa shape index (κ2) is 8.58. The molecule has 1 aliphatic rings. The van der Waals surface area contributed by atoms with E-state index >= 15 is 0 Å². The van der Waals surface area contributed by atoms with Crippen LogP contribution in [0.2, 0.25) is 5.02 Å². The lowest BCUT2D eigenvalue weighted by molar-refractivity contribution is -0.117. The van der Waals surface area contributed by atoms with Crippen molar-refractivity contribution in [1.82, 2.24) is 0 Å². The second-order valence-electron chi connectivity index (χ2n) is 7.15. The summed E-state index contributed by atoms with van der Waals surface area (Å²) in [6.45, 7) is 0.467. The maximum atomic E-state index is 12.5. The number of hydrogen-bond acceptors (Lipinski definition) is 3. The van der Waals surface area contributed by atoms with E-state index in [4.69, 9.17) is 21.1 Å². The van der Waals surface area contributed by atoms with Gasteiger partial charge in [0, 0.05) is 16.6 Å². The van der Waals surface area contributed by atoms with Crippen LogP contribution in [-0.2, 0) is 11.4 Å². The van der Waals surface area contributed by atoms with E-state index in [2.05, 4.69) is 5.32 Å². The number of carbonyl (C=O) groups is 1. The Labute approximate surface area is 175 Å². The number of amides is 1. The minimum Gasteiger partial charge on any atom is -0.497 e. The van der Waals surface area contributed by atoms with Gasteiger partial charge in [0.1, 0.15) is 18.1 Å². The van der Waals surface area contributed by atoms with Crippen molar-refractivity contribution in [3.8, 4) is 11.5 Å². The summed E-state index contributed by atoms with van der Waals surface area (Å²) >= 11 is 5.89. The van der Waals surface area contributed by atoms with Crippen LogP contribution >= 0.6 is 11.6 Å². The lowest BCUT2D eigenvalue weighted by Gasteiger charge is -2.09. The first-order valence-electron chi connectivity index (χ1n) is 9.54. The molecule has 0 bridgehead atoms. The number of methoxy groups -OCH3 is 1. The molecule has 0 radical (unpaired) electrons. The van der Waals surface area contributed by atoms with Crippen LogP contribution in [0.25, 0.3) is 0 Å². The van der Waals surface area contributed by atoms with Gasteiger partial charge in [0.25, 0.3) is 0 Å². The van der Waals surface area contributed by atoms with Gasteiger partial charge in [-0.05, 0) is 72.0 Å². The zero-order valence-corrected chi connectivity index (χ0v) is 16.9. The SMILES string of the molecule is COc1ccc(C2CC2C(=O)Nc2ccc(OCc3ccc(Cl)cc3)cc2)cc1. The van der Waals surface area contributed by atoms with Crippen LogP contribution in [0.4, 0.5) is 5.69 Å². The monoisotopic (exact) mass is 407 g/mol. The molecule has 3 aromatic rings. The van der Waals surface area contributed by atoms with Crippen LogP contribution in [-0.4, -0.2) is 13.0 Å². The maximum Gasteiger partial charge on any atom is 0.228 e. The largest absolute Gasteiger partial charge is 0.497 e. The standard InChI is InChI=1S/C24H22ClNO3/c1-28-20-10-4-17(5-11-20)22-14-23(22)24(27)26-19-8-12-21(13-9-19)29-15-16-2-6-18(25)7-3-16/h2-13,22-23H,14-15H2,1H3,(H,26,27). The van der Waals surface area contributed by atoms with Crippen LogP contribution in [0, 0.1) is 5.92 Å². The third kappa shape index (κ3) is 4.90. The van der Waals surface area contributed by atoms with Crippen LogP contribution in [0.1, 0.15) is 23.5 Å². The van der Waals surface area contributed by atoms with Crippen LogP contribution in [0.5, 0.6) is 11.5 Å². The molecule has 4 nitrogen and oxygen atoms in total. The average Bonchev–Trinajstić information content (AvgIpc) is 3.56. The highest BCUT2D eigenvalue weighted by Crippen LogP contribution is 2.48. The number of rotatable bonds is 7. The van der Waals surface area contributed by atoms with E-state index in [0.29, 0.717) is 11.6 Å². The maximum absolute atomic E-state index is 12.5.